The Hall–Kier alpha value is -3.33. The Balaban J connectivity index is 1.72. The number of β-lactam (4-membered cyclic amide) rings is 1. The van der Waals surface area contributed by atoms with Gasteiger partial charge in [-0.2, -0.15) is 0 Å². The molecule has 1 saturated heterocycles. The number of rotatable bonds is 8. The van der Waals surface area contributed by atoms with Crippen LogP contribution in [0.15, 0.2) is 39.2 Å². The quantitative estimate of drug-likeness (QED) is 0.127. The molecule has 1 unspecified atom stereocenters. The van der Waals surface area contributed by atoms with Gasteiger partial charge < -0.3 is 34.2 Å². The van der Waals surface area contributed by atoms with Crippen molar-refractivity contribution in [2.45, 2.75) is 11.4 Å². The molecule has 0 aliphatic carbocycles. The molecule has 2 atom stereocenters. The summed E-state index contributed by atoms with van der Waals surface area (Å²) in [6.07, 6.45) is -0.148. The molecule has 2 aliphatic heterocycles. The van der Waals surface area contributed by atoms with Crippen LogP contribution in [-0.4, -0.2) is 80.3 Å². The van der Waals surface area contributed by atoms with Crippen molar-refractivity contribution in [1.82, 2.24) is 15.3 Å². The maximum Gasteiger partial charge on any atom is 0.432 e. The van der Waals surface area contributed by atoms with E-state index < -0.39 is 55.3 Å². The van der Waals surface area contributed by atoms with Gasteiger partial charge in [0.1, 0.15) is 30.8 Å². The molecule has 1 aromatic rings. The van der Waals surface area contributed by atoms with Crippen molar-refractivity contribution >= 4 is 49.1 Å². The molecule has 3 rings (SSSR count). The second-order valence-corrected chi connectivity index (χ2v) is 8.87. The van der Waals surface area contributed by atoms with Crippen LogP contribution >= 0.6 is 19.5 Å². The van der Waals surface area contributed by atoms with Gasteiger partial charge in [0.25, 0.3) is 11.8 Å². The minimum absolute atomic E-state index is 0.00282. The van der Waals surface area contributed by atoms with Crippen LogP contribution in [0, 0.1) is 0 Å². The predicted molar refractivity (Wildman–Crippen MR) is 108 cm³/mol. The lowest BCUT2D eigenvalue weighted by Gasteiger charge is -2.49. The Morgan fingerprint density at radius 2 is 2.12 bits per heavy atom. The summed E-state index contributed by atoms with van der Waals surface area (Å²) in [4.78, 5) is 71.5. The Morgan fingerprint density at radius 1 is 1.39 bits per heavy atom. The van der Waals surface area contributed by atoms with Crippen molar-refractivity contribution in [2.24, 2.45) is 5.16 Å². The highest BCUT2D eigenvalue weighted by Crippen LogP contribution is 2.40. The van der Waals surface area contributed by atoms with Crippen LogP contribution in [-0.2, 0) is 28.5 Å². The molecule has 15 nitrogen and oxygen atoms in total. The van der Waals surface area contributed by atoms with Gasteiger partial charge in [-0.15, -0.1) is 11.8 Å². The molecular formula is C16H17N4O11PS. The number of hydrogen-bond acceptors (Lipinski definition) is 10. The number of hydrogen-bond donors (Lipinski definition) is 5. The second kappa shape index (κ2) is 9.66. The molecule has 0 radical (unpaired) electrons. The van der Waals surface area contributed by atoms with Gasteiger partial charge in [-0.25, -0.2) is 19.2 Å². The number of ether oxygens (including phenoxy) is 1. The molecule has 0 bridgehead atoms. The molecule has 0 aromatic carbocycles. The number of carbonyl (C=O) groups excluding carboxylic acids is 3. The highest BCUT2D eigenvalue weighted by molar-refractivity contribution is 8.00. The van der Waals surface area contributed by atoms with E-state index in [1.54, 1.807) is 0 Å². The fourth-order valence-electron chi connectivity index (χ4n) is 3.01. The average molecular weight is 504 g/mol. The number of fused-ring (bicyclic) bond motifs is 1. The maximum absolute atomic E-state index is 12.7. The Bertz CT molecular complexity index is 1080. The summed E-state index contributed by atoms with van der Waals surface area (Å²) in [7, 11) is -3.67. The van der Waals surface area contributed by atoms with E-state index in [1.165, 1.54) is 30.6 Å². The second-order valence-electron chi connectivity index (χ2n) is 6.45. The number of aliphatic carboxylic acids is 1. The number of amides is 3. The number of carboxylic acids is 1. The zero-order chi connectivity index (χ0) is 24.3. The van der Waals surface area contributed by atoms with E-state index in [4.69, 9.17) is 14.2 Å². The van der Waals surface area contributed by atoms with E-state index in [1.807, 2.05) is 0 Å². The molecule has 178 valence electrons. The summed E-state index contributed by atoms with van der Waals surface area (Å²) >= 11 is 1.09. The predicted octanol–water partition coefficient (Wildman–Crippen LogP) is -0.812. The van der Waals surface area contributed by atoms with Crippen LogP contribution in [0.1, 0.15) is 5.76 Å². The monoisotopic (exact) mass is 504 g/mol. The molecule has 0 spiro atoms. The van der Waals surface area contributed by atoms with Crippen molar-refractivity contribution in [2.75, 3.05) is 19.5 Å². The van der Waals surface area contributed by atoms with E-state index in [0.717, 1.165) is 16.7 Å². The number of furan rings is 1. The van der Waals surface area contributed by atoms with Crippen molar-refractivity contribution < 1.29 is 52.6 Å². The molecule has 3 amide bonds. The van der Waals surface area contributed by atoms with Gasteiger partial charge in [0.05, 0.1) is 6.26 Å². The zero-order valence-corrected chi connectivity index (χ0v) is 18.4. The van der Waals surface area contributed by atoms with Gasteiger partial charge in [0, 0.05) is 11.3 Å². The lowest BCUT2D eigenvalue weighted by atomic mass is 10.0. The van der Waals surface area contributed by atoms with E-state index >= 15 is 0 Å². The highest BCUT2D eigenvalue weighted by atomic mass is 32.2. The Morgan fingerprint density at radius 3 is 2.70 bits per heavy atom. The Kier molecular flexibility index (Phi) is 7.12. The normalized spacial score (nSPS) is 20.5. The molecule has 0 saturated carbocycles. The number of oxime groups is 1. The largest absolute Gasteiger partial charge is 0.477 e. The number of carboxylic acid groups (broad SMARTS) is 1. The van der Waals surface area contributed by atoms with Gasteiger partial charge in [-0.05, 0) is 12.1 Å². The zero-order valence-electron chi connectivity index (χ0n) is 16.7. The number of nitrogens with zero attached hydrogens (tertiary/aromatic N) is 2. The summed E-state index contributed by atoms with van der Waals surface area (Å²) < 4.78 is 20.5. The van der Waals surface area contributed by atoms with Crippen LogP contribution < -0.4 is 10.4 Å². The first-order valence-electron chi connectivity index (χ1n) is 8.90. The highest BCUT2D eigenvalue weighted by Gasteiger charge is 2.54. The summed E-state index contributed by atoms with van der Waals surface area (Å²) in [5.41, 5.74) is -0.649. The summed E-state index contributed by atoms with van der Waals surface area (Å²) in [5.74, 6) is -2.90. The first-order valence-corrected chi connectivity index (χ1v) is 11.6. The van der Waals surface area contributed by atoms with Crippen LogP contribution in [0.25, 0.3) is 0 Å². The van der Waals surface area contributed by atoms with Crippen LogP contribution in [0.3, 0.4) is 0 Å². The first-order chi connectivity index (χ1) is 15.5. The van der Waals surface area contributed by atoms with E-state index in [-0.39, 0.29) is 22.8 Å². The Labute approximate surface area is 189 Å². The number of nitrogens with one attached hydrogen (secondary N) is 2. The maximum atomic E-state index is 12.7. The third-order valence-electron chi connectivity index (χ3n) is 4.30. The summed E-state index contributed by atoms with van der Waals surface area (Å²) in [6, 6.07) is 1.91. The lowest BCUT2D eigenvalue weighted by Crippen LogP contribution is -2.71. The first kappa shape index (κ1) is 24.3. The van der Waals surface area contributed by atoms with E-state index in [0.29, 0.717) is 0 Å². The SMILES string of the molecule is CO/N=C(\C(=O)NC1C(=O)N2C(C(=O)O)=C(COC(=O)NP(=O)(O)O)CS[C@@H]12)c1ccco1. The van der Waals surface area contributed by atoms with Gasteiger partial charge in [-0.3, -0.25) is 14.5 Å². The molecule has 2 aliphatic rings. The van der Waals surface area contributed by atoms with Crippen molar-refractivity contribution in [3.05, 3.63) is 35.4 Å². The van der Waals surface area contributed by atoms with Crippen LogP contribution in [0.5, 0.6) is 0 Å². The number of carbonyl (C=O) groups is 4. The molecule has 1 fully saturated rings. The minimum atomic E-state index is -4.89. The third-order valence-corrected chi connectivity index (χ3v) is 6.12. The van der Waals surface area contributed by atoms with Gasteiger partial charge in [0.15, 0.2) is 5.76 Å². The fourth-order valence-corrected chi connectivity index (χ4v) is 4.64. The lowest BCUT2D eigenvalue weighted by molar-refractivity contribution is -0.150. The van der Waals surface area contributed by atoms with E-state index in [2.05, 4.69) is 20.0 Å². The molecule has 33 heavy (non-hydrogen) atoms. The number of thioether (sulfide) groups is 1. The smallest absolute Gasteiger partial charge is 0.432 e. The van der Waals surface area contributed by atoms with Gasteiger partial charge in [-0.1, -0.05) is 5.16 Å². The average Bonchev–Trinajstić information content (AvgIpc) is 3.26. The third kappa shape index (κ3) is 5.36. The molecule has 3 heterocycles. The molecule has 5 N–H and O–H groups in total. The fraction of sp³-hybridized carbons (Fsp3) is 0.312. The van der Waals surface area contributed by atoms with Crippen molar-refractivity contribution in [3.63, 3.8) is 0 Å². The van der Waals surface area contributed by atoms with E-state index in [9.17, 15) is 28.8 Å². The van der Waals surface area contributed by atoms with Gasteiger partial charge >= 0.3 is 19.8 Å². The topological polar surface area (TPSA) is 217 Å². The molecule has 17 heteroatoms. The van der Waals surface area contributed by atoms with Crippen molar-refractivity contribution in [1.29, 1.82) is 0 Å². The van der Waals surface area contributed by atoms with Crippen LogP contribution in [0.2, 0.25) is 0 Å². The molecular weight excluding hydrogens is 487 g/mol. The van der Waals surface area contributed by atoms with Crippen molar-refractivity contribution in [3.8, 4) is 0 Å². The summed E-state index contributed by atoms with van der Waals surface area (Å²) in [6.45, 7) is -0.628. The minimum Gasteiger partial charge on any atom is -0.477 e. The van der Waals surface area contributed by atoms with Crippen LogP contribution in [0.4, 0.5) is 4.79 Å². The standard InChI is InChI=1S/C16H17N4O11PS/c1-29-18-9(8-3-2-4-30-8)12(21)17-10-13(22)20-11(15(23)24)7(6-33-14(10)20)5-31-16(25)19-32(26,27)28/h2-4,10,14H,5-6H2,1H3,(H,17,21)(H,23,24)(H3,19,25,26,27,28)/b18-9-/t10?,14-/m0/s1. The summed E-state index contributed by atoms with van der Waals surface area (Å²) in [5, 5.41) is 16.2. The molecule has 1 aromatic heterocycles. The van der Waals surface area contributed by atoms with Gasteiger partial charge in [0.2, 0.25) is 5.71 Å².